The van der Waals surface area contributed by atoms with Gasteiger partial charge in [-0.15, -0.1) is 10.8 Å². The molecule has 26 heavy (non-hydrogen) atoms. The van der Waals surface area contributed by atoms with Gasteiger partial charge < -0.3 is 9.55 Å². The summed E-state index contributed by atoms with van der Waals surface area (Å²) in [6.45, 7) is 2.54. The van der Waals surface area contributed by atoms with E-state index in [1.807, 2.05) is 16.8 Å². The molecule has 0 spiro atoms. The summed E-state index contributed by atoms with van der Waals surface area (Å²) >= 11 is 0. The van der Waals surface area contributed by atoms with E-state index in [0.717, 1.165) is 16.7 Å². The number of imidazole rings is 1. The maximum atomic E-state index is 10.1. The Bertz CT molecular complexity index is 990. The van der Waals surface area contributed by atoms with E-state index in [4.69, 9.17) is 0 Å². The molecule has 0 aromatic carbocycles. The highest BCUT2D eigenvalue weighted by atomic mass is 32.3. The molecule has 0 unspecified atom stereocenters. The predicted octanol–water partition coefficient (Wildman–Crippen LogP) is 2.68. The zero-order valence-corrected chi connectivity index (χ0v) is 15.0. The predicted molar refractivity (Wildman–Crippen MR) is 100 cm³/mol. The number of hydrogen-bond donors (Lipinski definition) is 3. The molecule has 1 aliphatic rings. The summed E-state index contributed by atoms with van der Waals surface area (Å²) in [6.07, 6.45) is 7.10. The third kappa shape index (κ3) is 2.57. The Morgan fingerprint density at radius 2 is 2.19 bits per heavy atom. The Labute approximate surface area is 153 Å². The number of rotatable bonds is 5. The van der Waals surface area contributed by atoms with Crippen molar-refractivity contribution in [2.45, 2.75) is 18.9 Å². The highest BCUT2D eigenvalue weighted by Gasteiger charge is 2.49. The molecule has 1 aliphatic heterocycles. The lowest BCUT2D eigenvalue weighted by molar-refractivity contribution is 0.0745. The van der Waals surface area contributed by atoms with Crippen molar-refractivity contribution in [2.75, 3.05) is 18.8 Å². The van der Waals surface area contributed by atoms with E-state index in [0.29, 0.717) is 18.8 Å². The first-order chi connectivity index (χ1) is 12.5. The van der Waals surface area contributed by atoms with E-state index < -0.39 is 16.3 Å². The van der Waals surface area contributed by atoms with Crippen molar-refractivity contribution in [1.29, 1.82) is 5.26 Å². The van der Waals surface area contributed by atoms with Crippen LogP contribution in [0.5, 0.6) is 0 Å². The van der Waals surface area contributed by atoms with Gasteiger partial charge >= 0.3 is 0 Å². The molecule has 0 amide bonds. The Morgan fingerprint density at radius 1 is 1.38 bits per heavy atom. The molecule has 0 aliphatic carbocycles. The second kappa shape index (κ2) is 6.07. The standard InChI is InChI=1S/C16H19N7O2S.H2/c1-2-26(24,25)23-8-16(9-23,4-5-17)22-7-13(21-11-22)14-12-3-6-18-15(12)20-10-19-14;/h3,6-7,10-11,24-25H,2,4,8-9H2,1H3,(H,18,19,20);1H. The molecule has 138 valence electrons. The van der Waals surface area contributed by atoms with Gasteiger partial charge in [0.2, 0.25) is 0 Å². The van der Waals surface area contributed by atoms with Gasteiger partial charge in [-0.1, -0.05) is 0 Å². The Kier molecular flexibility index (Phi) is 3.96. The van der Waals surface area contributed by atoms with Crippen LogP contribution in [0, 0.1) is 11.3 Å². The van der Waals surface area contributed by atoms with E-state index in [-0.39, 0.29) is 13.6 Å². The Hall–Kier alpha value is -2.45. The topological polar surface area (TPSA) is 127 Å². The molecule has 9 nitrogen and oxygen atoms in total. The van der Waals surface area contributed by atoms with E-state index in [9.17, 15) is 14.4 Å². The molecule has 1 fully saturated rings. The molecule has 0 atom stereocenters. The first kappa shape index (κ1) is 17.0. The quantitative estimate of drug-likeness (QED) is 0.625. The number of hydrogen-bond acceptors (Lipinski definition) is 7. The molecule has 3 aromatic rings. The van der Waals surface area contributed by atoms with Crippen molar-refractivity contribution in [3.63, 3.8) is 0 Å². The summed E-state index contributed by atoms with van der Waals surface area (Å²) in [5.41, 5.74) is 1.64. The molecule has 3 aromatic heterocycles. The number of nitrogens with one attached hydrogen (secondary N) is 1. The van der Waals surface area contributed by atoms with Crippen molar-refractivity contribution >= 4 is 21.8 Å². The van der Waals surface area contributed by atoms with Crippen LogP contribution in [0.4, 0.5) is 0 Å². The number of nitriles is 1. The van der Waals surface area contributed by atoms with Crippen LogP contribution in [-0.4, -0.2) is 56.8 Å². The Balaban J connectivity index is 0.00000210. The first-order valence-corrected chi connectivity index (χ1v) is 9.87. The fourth-order valence-corrected chi connectivity index (χ4v) is 4.55. The van der Waals surface area contributed by atoms with Crippen LogP contribution < -0.4 is 0 Å². The van der Waals surface area contributed by atoms with Crippen molar-refractivity contribution in [3.8, 4) is 17.5 Å². The van der Waals surface area contributed by atoms with Crippen LogP contribution in [0.25, 0.3) is 22.4 Å². The minimum atomic E-state index is -2.76. The average Bonchev–Trinajstić information content (AvgIpc) is 3.26. The van der Waals surface area contributed by atoms with Gasteiger partial charge in [0.15, 0.2) is 0 Å². The molecular weight excluding hydrogens is 354 g/mol. The summed E-state index contributed by atoms with van der Waals surface area (Å²) in [5.74, 6) is 0.275. The van der Waals surface area contributed by atoms with Gasteiger partial charge in [-0.25, -0.2) is 19.3 Å². The fourth-order valence-electron chi connectivity index (χ4n) is 3.29. The smallest absolute Gasteiger partial charge is 0.141 e. The number of H-pyrrole nitrogens is 1. The van der Waals surface area contributed by atoms with Crippen LogP contribution in [0.1, 0.15) is 14.8 Å². The van der Waals surface area contributed by atoms with Crippen molar-refractivity contribution < 1.29 is 10.5 Å². The molecule has 10 heteroatoms. The molecule has 4 heterocycles. The largest absolute Gasteiger partial charge is 0.346 e. The molecule has 1 saturated heterocycles. The molecule has 0 saturated carbocycles. The minimum Gasteiger partial charge on any atom is -0.346 e. The van der Waals surface area contributed by atoms with E-state index in [1.165, 1.54) is 6.33 Å². The highest BCUT2D eigenvalue weighted by Crippen LogP contribution is 2.51. The third-order valence-corrected chi connectivity index (χ3v) is 6.74. The molecular formula is C16H21N7O2S. The summed E-state index contributed by atoms with van der Waals surface area (Å²) < 4.78 is 23.7. The number of nitrogens with zero attached hydrogens (tertiary/aromatic N) is 6. The lowest BCUT2D eigenvalue weighted by atomic mass is 9.89. The van der Waals surface area contributed by atoms with Gasteiger partial charge in [0, 0.05) is 32.3 Å². The number of aromatic nitrogens is 5. The van der Waals surface area contributed by atoms with Crippen molar-refractivity contribution in [1.82, 2.24) is 28.8 Å². The maximum absolute atomic E-state index is 10.1. The minimum absolute atomic E-state index is 0. The van der Waals surface area contributed by atoms with Gasteiger partial charge in [0.25, 0.3) is 0 Å². The van der Waals surface area contributed by atoms with Gasteiger partial charge in [-0.2, -0.15) is 5.26 Å². The van der Waals surface area contributed by atoms with Gasteiger partial charge in [0.1, 0.15) is 23.4 Å². The first-order valence-electron chi connectivity index (χ1n) is 8.20. The zero-order valence-electron chi connectivity index (χ0n) is 14.2. The molecule has 0 radical (unpaired) electrons. The number of aromatic amines is 1. The van der Waals surface area contributed by atoms with Crippen LogP contribution in [0.2, 0.25) is 0 Å². The summed E-state index contributed by atoms with van der Waals surface area (Å²) in [7, 11) is -2.76. The normalized spacial score (nSPS) is 17.8. The maximum Gasteiger partial charge on any atom is 0.141 e. The van der Waals surface area contributed by atoms with Gasteiger partial charge in [0.05, 0.1) is 30.1 Å². The zero-order chi connectivity index (χ0) is 18.4. The highest BCUT2D eigenvalue weighted by molar-refractivity contribution is 8.22. The third-order valence-electron chi connectivity index (χ3n) is 4.88. The van der Waals surface area contributed by atoms with Gasteiger partial charge in [-0.3, -0.25) is 9.11 Å². The fraction of sp³-hybridized carbons (Fsp3) is 0.375. The van der Waals surface area contributed by atoms with E-state index in [2.05, 4.69) is 26.0 Å². The van der Waals surface area contributed by atoms with Crippen LogP contribution in [0.15, 0.2) is 31.1 Å². The second-order valence-electron chi connectivity index (χ2n) is 6.41. The van der Waals surface area contributed by atoms with Crippen LogP contribution in [0.3, 0.4) is 0 Å². The Morgan fingerprint density at radius 3 is 2.92 bits per heavy atom. The lowest BCUT2D eigenvalue weighted by Crippen LogP contribution is -2.62. The summed E-state index contributed by atoms with van der Waals surface area (Å²) in [4.78, 5) is 16.0. The molecule has 3 N–H and O–H groups in total. The van der Waals surface area contributed by atoms with E-state index >= 15 is 0 Å². The van der Waals surface area contributed by atoms with Gasteiger partial charge in [-0.05, 0) is 13.0 Å². The van der Waals surface area contributed by atoms with E-state index in [1.54, 1.807) is 23.8 Å². The molecule has 0 bridgehead atoms. The van der Waals surface area contributed by atoms with Crippen molar-refractivity contribution in [3.05, 3.63) is 31.1 Å². The summed E-state index contributed by atoms with van der Waals surface area (Å²) in [5, 5.41) is 10.1. The van der Waals surface area contributed by atoms with Crippen LogP contribution in [-0.2, 0) is 5.54 Å². The van der Waals surface area contributed by atoms with Crippen molar-refractivity contribution in [2.24, 2.45) is 0 Å². The molecule has 4 rings (SSSR count). The van der Waals surface area contributed by atoms with Crippen LogP contribution >= 0.6 is 10.8 Å². The number of fused-ring (bicyclic) bond motifs is 1. The second-order valence-corrected chi connectivity index (χ2v) is 8.76. The monoisotopic (exact) mass is 375 g/mol. The SMILES string of the molecule is CCS(O)(O)N1CC(CC#N)(n2cnc(-c3ncnc4[nH]ccc34)c2)C1.[HH]. The summed E-state index contributed by atoms with van der Waals surface area (Å²) in [6, 6.07) is 4.11. The average molecular weight is 375 g/mol. The lowest BCUT2D eigenvalue weighted by Gasteiger charge is -2.57.